The molecule has 0 aliphatic rings. The van der Waals surface area contributed by atoms with Gasteiger partial charge < -0.3 is 9.47 Å². The molecule has 0 bridgehead atoms. The topological polar surface area (TPSA) is 97.3 Å². The van der Waals surface area contributed by atoms with Crippen molar-refractivity contribution in [3.8, 4) is 11.5 Å². The number of hydrogen-bond acceptors (Lipinski definition) is 6. The molecule has 0 unspecified atom stereocenters. The average Bonchev–Trinajstić information content (AvgIpc) is 2.82. The van der Waals surface area contributed by atoms with Crippen LogP contribution in [0.5, 0.6) is 11.5 Å². The molecule has 0 spiro atoms. The quantitative estimate of drug-likeness (QED) is 0.233. The summed E-state index contributed by atoms with van der Waals surface area (Å²) in [6.07, 6.45) is 2.44. The number of benzene rings is 3. The summed E-state index contributed by atoms with van der Waals surface area (Å²) in [5, 5.41) is 4.55. The second kappa shape index (κ2) is 12.6. The summed E-state index contributed by atoms with van der Waals surface area (Å²) in [4.78, 5) is 12.5. The van der Waals surface area contributed by atoms with Crippen LogP contribution in [0.1, 0.15) is 11.1 Å². The molecule has 1 N–H and O–H groups in total. The number of hydrazone groups is 1. The van der Waals surface area contributed by atoms with Gasteiger partial charge in [-0.15, -0.1) is 0 Å². The maximum Gasteiger partial charge on any atom is 0.260 e. The monoisotopic (exact) mass is 657 g/mol. The molecule has 0 radical (unpaired) electrons. The number of nitrogens with zero attached hydrogens (tertiary/aromatic N) is 2. The van der Waals surface area contributed by atoms with Gasteiger partial charge in [0, 0.05) is 15.1 Å². The van der Waals surface area contributed by atoms with Gasteiger partial charge >= 0.3 is 0 Å². The molecule has 0 saturated carbocycles. The van der Waals surface area contributed by atoms with Gasteiger partial charge in [-0.25, -0.2) is 13.8 Å². The summed E-state index contributed by atoms with van der Waals surface area (Å²) in [5.74, 6) is 0.315. The number of sulfonamides is 1. The SMILES string of the molecule is COc1cc(/C=N\NC(=O)CN(c2ccccc2Br)S(C)(=O)=O)cc(Br)c1OCc1ccccc1Cl. The Labute approximate surface area is 231 Å². The van der Waals surface area contributed by atoms with Crippen molar-refractivity contribution in [2.24, 2.45) is 5.10 Å². The second-order valence-electron chi connectivity index (χ2n) is 7.43. The van der Waals surface area contributed by atoms with Crippen LogP contribution in [0.15, 0.2) is 74.7 Å². The molecular weight excluding hydrogens is 638 g/mol. The summed E-state index contributed by atoms with van der Waals surface area (Å²) in [6.45, 7) is -0.201. The fraction of sp³-hybridized carbons (Fsp3) is 0.167. The third-order valence-electron chi connectivity index (χ3n) is 4.79. The van der Waals surface area contributed by atoms with E-state index in [4.69, 9.17) is 21.1 Å². The van der Waals surface area contributed by atoms with Gasteiger partial charge in [0.25, 0.3) is 5.91 Å². The molecule has 12 heteroatoms. The number of amides is 1. The van der Waals surface area contributed by atoms with E-state index < -0.39 is 22.5 Å². The third-order valence-corrected chi connectivity index (χ3v) is 7.55. The average molecular weight is 660 g/mol. The zero-order valence-corrected chi connectivity index (χ0v) is 24.0. The highest BCUT2D eigenvalue weighted by Crippen LogP contribution is 2.37. The van der Waals surface area contributed by atoms with Gasteiger partial charge in [0.05, 0.1) is 29.7 Å². The van der Waals surface area contributed by atoms with Crippen molar-refractivity contribution in [2.45, 2.75) is 6.61 Å². The van der Waals surface area contributed by atoms with Crippen LogP contribution in [0.2, 0.25) is 5.02 Å². The van der Waals surface area contributed by atoms with Crippen molar-refractivity contribution >= 4 is 71.3 Å². The summed E-state index contributed by atoms with van der Waals surface area (Å²) in [7, 11) is -2.21. The number of ether oxygens (including phenoxy) is 2. The first-order chi connectivity index (χ1) is 17.1. The number of hydrogen-bond donors (Lipinski definition) is 1. The van der Waals surface area contributed by atoms with E-state index >= 15 is 0 Å². The van der Waals surface area contributed by atoms with Gasteiger partial charge in [0.2, 0.25) is 10.0 Å². The Balaban J connectivity index is 1.69. The number of halogens is 3. The van der Waals surface area contributed by atoms with Crippen molar-refractivity contribution in [2.75, 3.05) is 24.2 Å². The Morgan fingerprint density at radius 2 is 1.81 bits per heavy atom. The standard InChI is InChI=1S/C24H22Br2ClN3O5S/c1-34-22-12-16(11-19(26)24(22)35-15-17-7-3-5-9-20(17)27)13-28-29-23(31)14-30(36(2,32)33)21-10-6-4-8-18(21)25/h3-13H,14-15H2,1-2H3,(H,29,31)/b28-13-. The lowest BCUT2D eigenvalue weighted by Crippen LogP contribution is -2.39. The fourth-order valence-corrected chi connectivity index (χ4v) is 5.35. The van der Waals surface area contributed by atoms with E-state index in [-0.39, 0.29) is 6.61 Å². The van der Waals surface area contributed by atoms with Gasteiger partial charge in [0.15, 0.2) is 11.5 Å². The molecule has 36 heavy (non-hydrogen) atoms. The number of carbonyl (C=O) groups excluding carboxylic acids is 1. The van der Waals surface area contributed by atoms with Crippen LogP contribution < -0.4 is 19.2 Å². The fourth-order valence-electron chi connectivity index (χ4n) is 3.10. The van der Waals surface area contributed by atoms with Gasteiger partial charge in [0.1, 0.15) is 13.2 Å². The number of para-hydroxylation sites is 1. The highest BCUT2D eigenvalue weighted by molar-refractivity contribution is 9.11. The molecule has 0 saturated heterocycles. The molecule has 0 aromatic heterocycles. The summed E-state index contributed by atoms with van der Waals surface area (Å²) in [5.41, 5.74) is 4.13. The first-order valence-electron chi connectivity index (χ1n) is 10.4. The normalized spacial score (nSPS) is 11.4. The summed E-state index contributed by atoms with van der Waals surface area (Å²) < 4.78 is 38.0. The van der Waals surface area contributed by atoms with Gasteiger partial charge in [-0.05, 0) is 67.8 Å². The van der Waals surface area contributed by atoms with Crippen LogP contribution in [-0.2, 0) is 21.4 Å². The number of nitrogens with one attached hydrogen (secondary N) is 1. The summed E-state index contributed by atoms with van der Waals surface area (Å²) in [6, 6.07) is 17.5. The van der Waals surface area contributed by atoms with Gasteiger partial charge in [-0.1, -0.05) is 41.9 Å². The molecule has 190 valence electrons. The molecule has 3 aromatic carbocycles. The van der Waals surface area contributed by atoms with E-state index in [1.807, 2.05) is 18.2 Å². The van der Waals surface area contributed by atoms with E-state index in [9.17, 15) is 13.2 Å². The minimum Gasteiger partial charge on any atom is -0.493 e. The van der Waals surface area contributed by atoms with Crippen LogP contribution in [0.4, 0.5) is 5.69 Å². The Morgan fingerprint density at radius 3 is 2.47 bits per heavy atom. The number of anilines is 1. The summed E-state index contributed by atoms with van der Waals surface area (Å²) >= 11 is 13.0. The lowest BCUT2D eigenvalue weighted by molar-refractivity contribution is -0.119. The molecule has 1 amide bonds. The van der Waals surface area contributed by atoms with Crippen LogP contribution in [-0.4, -0.2) is 40.4 Å². The molecule has 0 fully saturated rings. The number of methoxy groups -OCH3 is 1. The van der Waals surface area contributed by atoms with Crippen LogP contribution in [0, 0.1) is 0 Å². The van der Waals surface area contributed by atoms with Crippen molar-refractivity contribution in [1.29, 1.82) is 0 Å². The molecular formula is C24H22Br2ClN3O5S. The molecule has 3 aromatic rings. The van der Waals surface area contributed by atoms with Crippen LogP contribution in [0.3, 0.4) is 0 Å². The smallest absolute Gasteiger partial charge is 0.260 e. The lowest BCUT2D eigenvalue weighted by Gasteiger charge is -2.22. The highest BCUT2D eigenvalue weighted by atomic mass is 79.9. The Hall–Kier alpha value is -2.60. The van der Waals surface area contributed by atoms with Crippen molar-refractivity contribution in [1.82, 2.24) is 5.43 Å². The van der Waals surface area contributed by atoms with Gasteiger partial charge in [-0.3, -0.25) is 9.10 Å². The van der Waals surface area contributed by atoms with E-state index in [1.54, 1.807) is 42.5 Å². The van der Waals surface area contributed by atoms with Crippen molar-refractivity contribution in [3.63, 3.8) is 0 Å². The number of rotatable bonds is 10. The lowest BCUT2D eigenvalue weighted by atomic mass is 10.2. The Kier molecular flexibility index (Phi) is 9.77. The van der Waals surface area contributed by atoms with E-state index in [0.717, 1.165) is 16.1 Å². The predicted octanol–water partition coefficient (Wildman–Crippen LogP) is 5.37. The Morgan fingerprint density at radius 1 is 1.11 bits per heavy atom. The van der Waals surface area contributed by atoms with E-state index in [1.165, 1.54) is 13.3 Å². The zero-order valence-electron chi connectivity index (χ0n) is 19.2. The highest BCUT2D eigenvalue weighted by Gasteiger charge is 2.22. The third kappa shape index (κ3) is 7.45. The molecule has 0 heterocycles. The van der Waals surface area contributed by atoms with Crippen molar-refractivity contribution < 1.29 is 22.7 Å². The van der Waals surface area contributed by atoms with Crippen molar-refractivity contribution in [3.05, 3.63) is 85.8 Å². The van der Waals surface area contributed by atoms with E-state index in [2.05, 4.69) is 42.4 Å². The van der Waals surface area contributed by atoms with Crippen LogP contribution in [0.25, 0.3) is 0 Å². The maximum absolute atomic E-state index is 12.5. The Bertz CT molecular complexity index is 1390. The maximum atomic E-state index is 12.5. The molecule has 8 nitrogen and oxygen atoms in total. The first-order valence-corrected chi connectivity index (χ1v) is 14.2. The van der Waals surface area contributed by atoms with E-state index in [0.29, 0.717) is 36.7 Å². The molecule has 0 aliphatic carbocycles. The molecule has 0 aliphatic heterocycles. The predicted molar refractivity (Wildman–Crippen MR) is 149 cm³/mol. The zero-order chi connectivity index (χ0) is 26.3. The van der Waals surface area contributed by atoms with Gasteiger partial charge in [-0.2, -0.15) is 5.10 Å². The number of carbonyl (C=O) groups is 1. The van der Waals surface area contributed by atoms with Crippen LogP contribution >= 0.6 is 43.5 Å². The second-order valence-corrected chi connectivity index (χ2v) is 11.5. The minimum atomic E-state index is -3.71. The molecule has 3 rings (SSSR count). The molecule has 0 atom stereocenters. The minimum absolute atomic E-state index is 0.243. The first kappa shape index (κ1) is 28.0. The largest absolute Gasteiger partial charge is 0.493 e.